The molecule has 3 aromatic carbocycles. The van der Waals surface area contributed by atoms with E-state index >= 15 is 0 Å². The van der Waals surface area contributed by atoms with Gasteiger partial charge in [0.15, 0.2) is 0 Å². The Morgan fingerprint density at radius 1 is 0.889 bits per heavy atom. The lowest BCUT2D eigenvalue weighted by atomic mass is 9.71. The number of hydrogen-bond donors (Lipinski definition) is 1. The number of carbonyl (C=O) groups excluding carboxylic acids is 1. The predicted molar refractivity (Wildman–Crippen MR) is 150 cm³/mol. The molecule has 1 saturated heterocycles. The summed E-state index contributed by atoms with van der Waals surface area (Å²) in [4.78, 5) is 18.2. The number of carbonyl (C=O) groups is 1. The molecule has 0 bridgehead atoms. The highest BCUT2D eigenvalue weighted by atomic mass is 35.5. The van der Waals surface area contributed by atoms with E-state index in [9.17, 15) is 4.79 Å². The van der Waals surface area contributed by atoms with Gasteiger partial charge >= 0.3 is 0 Å². The molecule has 0 radical (unpaired) electrons. The summed E-state index contributed by atoms with van der Waals surface area (Å²) >= 11 is 12.3. The first kappa shape index (κ1) is 25.1. The van der Waals surface area contributed by atoms with Crippen LogP contribution in [0.25, 0.3) is 0 Å². The molecule has 1 heterocycles. The van der Waals surface area contributed by atoms with Crippen molar-refractivity contribution >= 4 is 40.5 Å². The van der Waals surface area contributed by atoms with Gasteiger partial charge in [0.05, 0.1) is 10.6 Å². The summed E-state index contributed by atoms with van der Waals surface area (Å²) in [5.41, 5.74) is 3.80. The van der Waals surface area contributed by atoms with E-state index in [4.69, 9.17) is 23.2 Å². The number of nitrogens with one attached hydrogen (secondary N) is 1. The molecule has 2 aliphatic rings. The SMILES string of the molecule is CC1CCC(c2cccc(NC(=O)c3ccc(Cl)cc3Cl)c2)(N2CCN(c3ccccc3)CC2)CC1. The Morgan fingerprint density at radius 3 is 2.31 bits per heavy atom. The Balaban J connectivity index is 1.37. The molecule has 0 unspecified atom stereocenters. The molecule has 0 spiro atoms. The maximum atomic E-state index is 13.0. The van der Waals surface area contributed by atoms with Crippen molar-refractivity contribution in [1.82, 2.24) is 4.90 Å². The van der Waals surface area contributed by atoms with Gasteiger partial charge in [-0.15, -0.1) is 0 Å². The number of benzene rings is 3. The van der Waals surface area contributed by atoms with Gasteiger partial charge in [0.2, 0.25) is 0 Å². The lowest BCUT2D eigenvalue weighted by Crippen LogP contribution is -2.56. The van der Waals surface area contributed by atoms with Crippen molar-refractivity contribution in [3.05, 3.63) is 94.0 Å². The van der Waals surface area contributed by atoms with Crippen LogP contribution in [-0.4, -0.2) is 37.0 Å². The maximum Gasteiger partial charge on any atom is 0.257 e. The van der Waals surface area contributed by atoms with Crippen LogP contribution in [-0.2, 0) is 5.54 Å². The molecule has 3 aromatic rings. The molecule has 4 nitrogen and oxygen atoms in total. The largest absolute Gasteiger partial charge is 0.369 e. The van der Waals surface area contributed by atoms with Gasteiger partial charge in [0.25, 0.3) is 5.91 Å². The number of halogens is 2. The van der Waals surface area contributed by atoms with Crippen molar-refractivity contribution < 1.29 is 4.79 Å². The minimum atomic E-state index is -0.225. The Kier molecular flexibility index (Phi) is 7.57. The molecule has 6 heteroatoms. The molecule has 0 aromatic heterocycles. The van der Waals surface area contributed by atoms with Crippen molar-refractivity contribution in [3.63, 3.8) is 0 Å². The topological polar surface area (TPSA) is 35.6 Å². The van der Waals surface area contributed by atoms with Gasteiger partial charge < -0.3 is 10.2 Å². The van der Waals surface area contributed by atoms with Crippen molar-refractivity contribution in [3.8, 4) is 0 Å². The summed E-state index contributed by atoms with van der Waals surface area (Å²) in [6, 6.07) is 24.1. The lowest BCUT2D eigenvalue weighted by molar-refractivity contribution is 0.0299. The Bertz CT molecular complexity index is 1200. The summed E-state index contributed by atoms with van der Waals surface area (Å²) in [7, 11) is 0. The quantitative estimate of drug-likeness (QED) is 0.378. The van der Waals surface area contributed by atoms with Gasteiger partial charge in [0.1, 0.15) is 0 Å². The van der Waals surface area contributed by atoms with E-state index in [1.165, 1.54) is 24.1 Å². The molecule has 0 atom stereocenters. The first-order chi connectivity index (χ1) is 17.4. The van der Waals surface area contributed by atoms with E-state index in [2.05, 4.69) is 70.6 Å². The fraction of sp³-hybridized carbons (Fsp3) is 0.367. The van der Waals surface area contributed by atoms with Crippen LogP contribution >= 0.6 is 23.2 Å². The van der Waals surface area contributed by atoms with Crippen LogP contribution in [0.4, 0.5) is 11.4 Å². The Morgan fingerprint density at radius 2 is 1.61 bits per heavy atom. The minimum Gasteiger partial charge on any atom is -0.369 e. The highest BCUT2D eigenvalue weighted by Gasteiger charge is 2.42. The van der Waals surface area contributed by atoms with Gasteiger partial charge in [-0.1, -0.05) is 60.5 Å². The maximum absolute atomic E-state index is 13.0. The van der Waals surface area contributed by atoms with E-state index in [0.29, 0.717) is 15.6 Å². The Labute approximate surface area is 224 Å². The fourth-order valence-electron chi connectivity index (χ4n) is 5.82. The number of nitrogens with zero attached hydrogens (tertiary/aromatic N) is 2. The lowest BCUT2D eigenvalue weighted by Gasteiger charge is -2.51. The van der Waals surface area contributed by atoms with Crippen molar-refractivity contribution in [2.24, 2.45) is 5.92 Å². The van der Waals surface area contributed by atoms with Crippen molar-refractivity contribution in [2.75, 3.05) is 36.4 Å². The van der Waals surface area contributed by atoms with E-state index in [1.54, 1.807) is 18.2 Å². The first-order valence-electron chi connectivity index (χ1n) is 12.9. The number of piperazine rings is 1. The molecule has 1 aliphatic carbocycles. The molecular formula is C30H33Cl2N3O. The van der Waals surface area contributed by atoms with Crippen molar-refractivity contribution in [2.45, 2.75) is 38.1 Å². The zero-order valence-corrected chi connectivity index (χ0v) is 22.2. The van der Waals surface area contributed by atoms with Crippen LogP contribution in [0.5, 0.6) is 0 Å². The first-order valence-corrected chi connectivity index (χ1v) is 13.6. The smallest absolute Gasteiger partial charge is 0.257 e. The highest BCUT2D eigenvalue weighted by Crippen LogP contribution is 2.45. The zero-order chi connectivity index (χ0) is 25.1. The second-order valence-corrected chi connectivity index (χ2v) is 11.0. The summed E-state index contributed by atoms with van der Waals surface area (Å²) in [6.45, 7) is 6.46. The molecule has 1 amide bonds. The van der Waals surface area contributed by atoms with Crippen LogP contribution in [0.1, 0.15) is 48.5 Å². The highest BCUT2D eigenvalue weighted by molar-refractivity contribution is 6.37. The van der Waals surface area contributed by atoms with E-state index < -0.39 is 0 Å². The normalized spacial score (nSPS) is 22.9. The summed E-state index contributed by atoms with van der Waals surface area (Å²) in [5.74, 6) is 0.523. The number of rotatable bonds is 5. The second kappa shape index (κ2) is 10.8. The van der Waals surface area contributed by atoms with Gasteiger partial charge in [0, 0.05) is 48.1 Å². The Hall–Kier alpha value is -2.53. The molecule has 2 fully saturated rings. The average molecular weight is 523 g/mol. The van der Waals surface area contributed by atoms with Crippen molar-refractivity contribution in [1.29, 1.82) is 0 Å². The number of para-hydroxylation sites is 1. The minimum absolute atomic E-state index is 0.00601. The summed E-state index contributed by atoms with van der Waals surface area (Å²) < 4.78 is 0. The third-order valence-corrected chi connectivity index (χ3v) is 8.49. The average Bonchev–Trinajstić information content (AvgIpc) is 2.90. The van der Waals surface area contributed by atoms with E-state index in [0.717, 1.165) is 50.6 Å². The third kappa shape index (κ3) is 5.27. The number of hydrogen-bond acceptors (Lipinski definition) is 3. The molecule has 188 valence electrons. The summed E-state index contributed by atoms with van der Waals surface area (Å²) in [6.07, 6.45) is 4.71. The summed E-state index contributed by atoms with van der Waals surface area (Å²) in [5, 5.41) is 3.93. The van der Waals surface area contributed by atoms with Crippen LogP contribution in [0, 0.1) is 5.92 Å². The molecular weight excluding hydrogens is 489 g/mol. The number of amides is 1. The monoisotopic (exact) mass is 521 g/mol. The van der Waals surface area contributed by atoms with Gasteiger partial charge in [-0.05, 0) is 79.6 Å². The van der Waals surface area contributed by atoms with Gasteiger partial charge in [-0.3, -0.25) is 9.69 Å². The van der Waals surface area contributed by atoms with Gasteiger partial charge in [-0.25, -0.2) is 0 Å². The van der Waals surface area contributed by atoms with E-state index in [-0.39, 0.29) is 11.4 Å². The standard InChI is InChI=1S/C30H33Cl2N3O/c1-22-12-14-30(15-13-22,35-18-16-34(17-19-35)26-8-3-2-4-9-26)23-6-5-7-25(20-23)33-29(36)27-11-10-24(31)21-28(27)32/h2-11,20-22H,12-19H2,1H3,(H,33,36). The molecule has 5 rings (SSSR count). The second-order valence-electron chi connectivity index (χ2n) is 10.2. The van der Waals surface area contributed by atoms with E-state index in [1.807, 2.05) is 6.07 Å². The predicted octanol–water partition coefficient (Wildman–Crippen LogP) is 7.47. The fourth-order valence-corrected chi connectivity index (χ4v) is 6.31. The molecule has 1 saturated carbocycles. The van der Waals surface area contributed by atoms with Crippen LogP contribution < -0.4 is 10.2 Å². The molecule has 1 N–H and O–H groups in total. The van der Waals surface area contributed by atoms with Crippen LogP contribution in [0.2, 0.25) is 10.0 Å². The molecule has 1 aliphatic heterocycles. The van der Waals surface area contributed by atoms with Gasteiger partial charge in [-0.2, -0.15) is 0 Å². The zero-order valence-electron chi connectivity index (χ0n) is 20.7. The van der Waals surface area contributed by atoms with Crippen LogP contribution in [0.3, 0.4) is 0 Å². The third-order valence-electron chi connectivity index (χ3n) is 7.94. The van der Waals surface area contributed by atoms with Crippen LogP contribution in [0.15, 0.2) is 72.8 Å². The number of anilines is 2. The molecule has 36 heavy (non-hydrogen) atoms.